The van der Waals surface area contributed by atoms with E-state index in [-0.39, 0.29) is 6.54 Å². The molecule has 0 heterocycles. The van der Waals surface area contributed by atoms with Crippen molar-refractivity contribution >= 4 is 23.2 Å². The molecule has 4 nitrogen and oxygen atoms in total. The number of hydroxylamine groups is 1. The van der Waals surface area contributed by atoms with E-state index >= 15 is 0 Å². The molecule has 106 valence electrons. The van der Waals surface area contributed by atoms with Crippen molar-refractivity contribution in [3.8, 4) is 17.2 Å². The van der Waals surface area contributed by atoms with Crippen LogP contribution in [0, 0.1) is 0 Å². The largest absolute Gasteiger partial charge is 0.497 e. The van der Waals surface area contributed by atoms with E-state index in [1.54, 1.807) is 43.5 Å². The van der Waals surface area contributed by atoms with Crippen LogP contribution in [0.25, 0.3) is 0 Å². The van der Waals surface area contributed by atoms with Crippen LogP contribution in [0.2, 0.25) is 10.0 Å². The first kappa shape index (κ1) is 14.9. The fourth-order valence-electron chi connectivity index (χ4n) is 1.66. The maximum absolute atomic E-state index is 8.68. The Labute approximate surface area is 126 Å². The van der Waals surface area contributed by atoms with Gasteiger partial charge in [-0.05, 0) is 42.0 Å². The van der Waals surface area contributed by atoms with Gasteiger partial charge < -0.3 is 14.7 Å². The number of hydrogen-bond donors (Lipinski definition) is 2. The van der Waals surface area contributed by atoms with Gasteiger partial charge in [-0.1, -0.05) is 23.2 Å². The van der Waals surface area contributed by atoms with E-state index in [1.807, 2.05) is 5.48 Å². The van der Waals surface area contributed by atoms with Gasteiger partial charge in [0.15, 0.2) is 5.75 Å². The maximum Gasteiger partial charge on any atom is 0.164 e. The average Bonchev–Trinajstić information content (AvgIpc) is 2.44. The normalized spacial score (nSPS) is 10.4. The van der Waals surface area contributed by atoms with Gasteiger partial charge in [0, 0.05) is 6.54 Å². The van der Waals surface area contributed by atoms with E-state index in [4.69, 9.17) is 37.9 Å². The smallest absolute Gasteiger partial charge is 0.164 e. The number of methoxy groups -OCH3 is 1. The summed E-state index contributed by atoms with van der Waals surface area (Å²) in [7, 11) is 1.59. The fourth-order valence-corrected chi connectivity index (χ4v) is 2.27. The summed E-state index contributed by atoms with van der Waals surface area (Å²) in [5.41, 5.74) is 2.80. The molecule has 2 aromatic rings. The Morgan fingerprint density at radius 2 is 1.60 bits per heavy atom. The lowest BCUT2D eigenvalue weighted by Gasteiger charge is -2.11. The summed E-state index contributed by atoms with van der Waals surface area (Å²) < 4.78 is 10.7. The van der Waals surface area contributed by atoms with Crippen molar-refractivity contribution in [1.82, 2.24) is 5.48 Å². The summed E-state index contributed by atoms with van der Waals surface area (Å²) in [6, 6.07) is 10.4. The highest BCUT2D eigenvalue weighted by Gasteiger charge is 2.11. The number of benzene rings is 2. The second-order valence-electron chi connectivity index (χ2n) is 4.00. The molecule has 2 aromatic carbocycles. The van der Waals surface area contributed by atoms with E-state index in [0.29, 0.717) is 21.5 Å². The predicted molar refractivity (Wildman–Crippen MR) is 78.2 cm³/mol. The molecule has 0 radical (unpaired) electrons. The van der Waals surface area contributed by atoms with Crippen molar-refractivity contribution in [3.05, 3.63) is 52.0 Å². The van der Waals surface area contributed by atoms with Crippen molar-refractivity contribution < 1.29 is 14.7 Å². The molecule has 0 amide bonds. The standard InChI is InChI=1S/C14H13Cl2NO3/c1-19-10-2-4-11(5-3-10)20-14-12(15)6-9(8-17-18)7-13(14)16/h2-7,17-18H,8H2,1H3. The molecule has 0 aromatic heterocycles. The molecule has 0 fully saturated rings. The van der Waals surface area contributed by atoms with E-state index in [0.717, 1.165) is 11.3 Å². The van der Waals surface area contributed by atoms with E-state index in [2.05, 4.69) is 0 Å². The van der Waals surface area contributed by atoms with Crippen LogP contribution in [0.15, 0.2) is 36.4 Å². The summed E-state index contributed by atoms with van der Waals surface area (Å²) in [4.78, 5) is 0. The molecular formula is C14H13Cl2NO3. The molecule has 0 aliphatic carbocycles. The van der Waals surface area contributed by atoms with Crippen LogP contribution in [0.4, 0.5) is 0 Å². The zero-order valence-corrected chi connectivity index (χ0v) is 12.2. The van der Waals surface area contributed by atoms with Crippen LogP contribution in [0.5, 0.6) is 17.2 Å². The van der Waals surface area contributed by atoms with Gasteiger partial charge in [-0.2, -0.15) is 0 Å². The minimum atomic E-state index is 0.252. The zero-order chi connectivity index (χ0) is 14.5. The molecule has 2 rings (SSSR count). The highest BCUT2D eigenvalue weighted by Crippen LogP contribution is 2.37. The summed E-state index contributed by atoms with van der Waals surface area (Å²) in [5, 5.41) is 9.42. The first-order valence-electron chi connectivity index (χ1n) is 5.81. The fraction of sp³-hybridized carbons (Fsp3) is 0.143. The number of nitrogens with one attached hydrogen (secondary N) is 1. The van der Waals surface area contributed by atoms with Crippen molar-refractivity contribution in [2.45, 2.75) is 6.54 Å². The van der Waals surface area contributed by atoms with Gasteiger partial charge >= 0.3 is 0 Å². The van der Waals surface area contributed by atoms with Gasteiger partial charge in [0.2, 0.25) is 0 Å². The van der Waals surface area contributed by atoms with E-state index in [1.165, 1.54) is 0 Å². The molecule has 6 heteroatoms. The van der Waals surface area contributed by atoms with E-state index in [9.17, 15) is 0 Å². The van der Waals surface area contributed by atoms with Crippen LogP contribution in [0.3, 0.4) is 0 Å². The third-order valence-electron chi connectivity index (χ3n) is 2.62. The Kier molecular flexibility index (Phi) is 5.09. The molecule has 0 bridgehead atoms. The van der Waals surface area contributed by atoms with Crippen LogP contribution < -0.4 is 15.0 Å². The molecule has 0 spiro atoms. The highest BCUT2D eigenvalue weighted by atomic mass is 35.5. The molecule has 0 unspecified atom stereocenters. The van der Waals surface area contributed by atoms with Crippen molar-refractivity contribution in [2.75, 3.05) is 7.11 Å². The Hall–Kier alpha value is -1.46. The molecule has 0 atom stereocenters. The molecule has 0 aliphatic heterocycles. The SMILES string of the molecule is COc1ccc(Oc2c(Cl)cc(CNO)cc2Cl)cc1. The number of hydrogen-bond acceptors (Lipinski definition) is 4. The van der Waals surface area contributed by atoms with E-state index < -0.39 is 0 Å². The maximum atomic E-state index is 8.68. The summed E-state index contributed by atoms with van der Waals surface area (Å²) >= 11 is 12.3. The van der Waals surface area contributed by atoms with Crippen LogP contribution in [-0.2, 0) is 6.54 Å². The monoisotopic (exact) mass is 313 g/mol. The molecule has 20 heavy (non-hydrogen) atoms. The quantitative estimate of drug-likeness (QED) is 0.809. The van der Waals surface area contributed by atoms with Gasteiger partial charge in [0.25, 0.3) is 0 Å². The zero-order valence-electron chi connectivity index (χ0n) is 10.7. The van der Waals surface area contributed by atoms with Gasteiger partial charge in [0.1, 0.15) is 11.5 Å². The Morgan fingerprint density at radius 3 is 2.10 bits per heavy atom. The Bertz CT molecular complexity index is 564. The number of halogens is 2. The molecule has 0 saturated carbocycles. The lowest BCUT2D eigenvalue weighted by Crippen LogP contribution is -2.06. The second kappa shape index (κ2) is 6.81. The molecule has 2 N–H and O–H groups in total. The lowest BCUT2D eigenvalue weighted by molar-refractivity contribution is 0.161. The van der Waals surface area contributed by atoms with Crippen molar-refractivity contribution in [2.24, 2.45) is 0 Å². The Morgan fingerprint density at radius 1 is 1.05 bits per heavy atom. The minimum absolute atomic E-state index is 0.252. The number of ether oxygens (including phenoxy) is 2. The van der Waals surface area contributed by atoms with Crippen LogP contribution in [-0.4, -0.2) is 12.3 Å². The molecular weight excluding hydrogens is 301 g/mol. The third-order valence-corrected chi connectivity index (χ3v) is 3.18. The summed E-state index contributed by atoms with van der Waals surface area (Å²) in [5.74, 6) is 1.71. The van der Waals surface area contributed by atoms with Gasteiger partial charge in [-0.3, -0.25) is 0 Å². The number of rotatable bonds is 5. The van der Waals surface area contributed by atoms with Gasteiger partial charge in [-0.25, -0.2) is 5.48 Å². The second-order valence-corrected chi connectivity index (χ2v) is 4.82. The van der Waals surface area contributed by atoms with Gasteiger partial charge in [-0.15, -0.1) is 0 Å². The first-order chi connectivity index (χ1) is 9.63. The summed E-state index contributed by atoms with van der Waals surface area (Å²) in [6.07, 6.45) is 0. The topological polar surface area (TPSA) is 50.7 Å². The third kappa shape index (κ3) is 3.55. The average molecular weight is 314 g/mol. The highest BCUT2D eigenvalue weighted by molar-refractivity contribution is 6.37. The van der Waals surface area contributed by atoms with Crippen LogP contribution >= 0.6 is 23.2 Å². The van der Waals surface area contributed by atoms with Crippen molar-refractivity contribution in [1.29, 1.82) is 0 Å². The van der Waals surface area contributed by atoms with Gasteiger partial charge in [0.05, 0.1) is 17.2 Å². The molecule has 0 saturated heterocycles. The van der Waals surface area contributed by atoms with Crippen LogP contribution in [0.1, 0.15) is 5.56 Å². The first-order valence-corrected chi connectivity index (χ1v) is 6.56. The summed E-state index contributed by atoms with van der Waals surface area (Å²) in [6.45, 7) is 0.252. The predicted octanol–water partition coefficient (Wildman–Crippen LogP) is 4.27. The minimum Gasteiger partial charge on any atom is -0.497 e. The van der Waals surface area contributed by atoms with Crippen molar-refractivity contribution in [3.63, 3.8) is 0 Å². The molecule has 0 aliphatic rings. The lowest BCUT2D eigenvalue weighted by atomic mass is 10.2. The Balaban J connectivity index is 2.23.